The molecule has 0 aliphatic heterocycles. The Labute approximate surface area is 121 Å². The van der Waals surface area contributed by atoms with Crippen molar-refractivity contribution in [3.05, 3.63) is 50.4 Å². The average molecular weight is 297 g/mol. The van der Waals surface area contributed by atoms with Crippen LogP contribution in [-0.2, 0) is 6.42 Å². The maximum absolute atomic E-state index is 11.7. The molecule has 0 amide bonds. The molecular weight excluding hydrogens is 283 g/mol. The molecule has 2 aromatic rings. The molecular formula is C14H14Cl2N2O. The van der Waals surface area contributed by atoms with Gasteiger partial charge < -0.3 is 4.98 Å². The first-order valence-corrected chi connectivity index (χ1v) is 6.76. The van der Waals surface area contributed by atoms with Gasteiger partial charge in [0, 0.05) is 27.4 Å². The smallest absolute Gasteiger partial charge is 0.251 e. The molecule has 5 heteroatoms. The van der Waals surface area contributed by atoms with E-state index in [0.29, 0.717) is 27.4 Å². The van der Waals surface area contributed by atoms with Crippen molar-refractivity contribution in [3.8, 4) is 11.4 Å². The lowest BCUT2D eigenvalue weighted by atomic mass is 10.1. The van der Waals surface area contributed by atoms with Gasteiger partial charge in [-0.15, -0.1) is 0 Å². The van der Waals surface area contributed by atoms with E-state index < -0.39 is 0 Å². The minimum atomic E-state index is -0.170. The van der Waals surface area contributed by atoms with Crippen LogP contribution in [0.1, 0.15) is 19.5 Å². The molecule has 0 atom stereocenters. The molecule has 0 saturated heterocycles. The van der Waals surface area contributed by atoms with Gasteiger partial charge in [-0.05, 0) is 30.5 Å². The van der Waals surface area contributed by atoms with Crippen LogP contribution in [0.2, 0.25) is 10.0 Å². The highest BCUT2D eigenvalue weighted by Gasteiger charge is 2.07. The number of benzene rings is 1. The molecule has 1 heterocycles. The van der Waals surface area contributed by atoms with Gasteiger partial charge in [-0.25, -0.2) is 4.98 Å². The topological polar surface area (TPSA) is 45.8 Å². The van der Waals surface area contributed by atoms with Crippen molar-refractivity contribution in [2.45, 2.75) is 20.3 Å². The van der Waals surface area contributed by atoms with Gasteiger partial charge in [0.25, 0.3) is 5.56 Å². The number of rotatable bonds is 3. The second kappa shape index (κ2) is 5.76. The molecule has 0 saturated carbocycles. The quantitative estimate of drug-likeness (QED) is 0.932. The highest BCUT2D eigenvalue weighted by atomic mass is 35.5. The van der Waals surface area contributed by atoms with Gasteiger partial charge in [-0.1, -0.05) is 37.0 Å². The van der Waals surface area contributed by atoms with Crippen LogP contribution >= 0.6 is 23.2 Å². The van der Waals surface area contributed by atoms with Crippen LogP contribution in [0.25, 0.3) is 11.4 Å². The first kappa shape index (κ1) is 14.1. The van der Waals surface area contributed by atoms with E-state index in [1.54, 1.807) is 18.2 Å². The fourth-order valence-electron chi connectivity index (χ4n) is 1.86. The lowest BCUT2D eigenvalue weighted by molar-refractivity contribution is 0.634. The molecule has 0 bridgehead atoms. The molecule has 1 aromatic heterocycles. The molecule has 1 N–H and O–H groups in total. The Morgan fingerprint density at radius 2 is 1.79 bits per heavy atom. The summed E-state index contributed by atoms with van der Waals surface area (Å²) in [7, 11) is 0. The van der Waals surface area contributed by atoms with Gasteiger partial charge >= 0.3 is 0 Å². The van der Waals surface area contributed by atoms with E-state index in [1.165, 1.54) is 6.07 Å². The minimum absolute atomic E-state index is 0.170. The van der Waals surface area contributed by atoms with E-state index in [0.717, 1.165) is 12.1 Å². The second-order valence-corrected chi connectivity index (χ2v) is 5.71. The highest BCUT2D eigenvalue weighted by Crippen LogP contribution is 2.24. The molecule has 0 spiro atoms. The SMILES string of the molecule is CC(C)Cc1cc(=O)[nH]c(-c2cc(Cl)cc(Cl)c2)n1. The molecule has 3 nitrogen and oxygen atoms in total. The number of nitrogens with one attached hydrogen (secondary N) is 1. The molecule has 0 aliphatic rings. The van der Waals surface area contributed by atoms with Crippen LogP contribution < -0.4 is 5.56 Å². The zero-order valence-corrected chi connectivity index (χ0v) is 12.2. The summed E-state index contributed by atoms with van der Waals surface area (Å²) in [5, 5.41) is 1.03. The predicted octanol–water partition coefficient (Wildman–Crippen LogP) is 3.94. The van der Waals surface area contributed by atoms with Gasteiger partial charge in [-0.2, -0.15) is 0 Å². The van der Waals surface area contributed by atoms with E-state index in [2.05, 4.69) is 23.8 Å². The summed E-state index contributed by atoms with van der Waals surface area (Å²) in [6.45, 7) is 4.16. The largest absolute Gasteiger partial charge is 0.307 e. The maximum Gasteiger partial charge on any atom is 0.251 e. The van der Waals surface area contributed by atoms with Crippen LogP contribution in [0.4, 0.5) is 0 Å². The van der Waals surface area contributed by atoms with Crippen molar-refractivity contribution in [2.75, 3.05) is 0 Å². The van der Waals surface area contributed by atoms with Crippen LogP contribution in [0.15, 0.2) is 29.1 Å². The average Bonchev–Trinajstić information content (AvgIpc) is 2.25. The van der Waals surface area contributed by atoms with Gasteiger partial charge in [0.05, 0.1) is 0 Å². The van der Waals surface area contributed by atoms with Crippen molar-refractivity contribution < 1.29 is 0 Å². The number of hydrogen-bond acceptors (Lipinski definition) is 2. The predicted molar refractivity (Wildman–Crippen MR) is 78.9 cm³/mol. The third-order valence-corrected chi connectivity index (χ3v) is 2.98. The normalized spacial score (nSPS) is 11.0. The monoisotopic (exact) mass is 296 g/mol. The molecule has 2 rings (SSSR count). The summed E-state index contributed by atoms with van der Waals surface area (Å²) in [5.41, 5.74) is 1.31. The lowest BCUT2D eigenvalue weighted by Crippen LogP contribution is -2.11. The fraction of sp³-hybridized carbons (Fsp3) is 0.286. The van der Waals surface area contributed by atoms with Crippen molar-refractivity contribution in [2.24, 2.45) is 5.92 Å². The Hall–Kier alpha value is -1.32. The Morgan fingerprint density at radius 3 is 2.37 bits per heavy atom. The number of aromatic nitrogens is 2. The molecule has 0 fully saturated rings. The number of nitrogens with zero attached hydrogens (tertiary/aromatic N) is 1. The first-order valence-electron chi connectivity index (χ1n) is 6.01. The molecule has 0 aliphatic carbocycles. The van der Waals surface area contributed by atoms with E-state index in [1.807, 2.05) is 0 Å². The zero-order valence-electron chi connectivity index (χ0n) is 10.7. The summed E-state index contributed by atoms with van der Waals surface area (Å²) in [6, 6.07) is 6.62. The summed E-state index contributed by atoms with van der Waals surface area (Å²) in [5.74, 6) is 0.928. The van der Waals surface area contributed by atoms with Crippen LogP contribution in [-0.4, -0.2) is 9.97 Å². The summed E-state index contributed by atoms with van der Waals surface area (Å²) in [6.07, 6.45) is 0.755. The third-order valence-electron chi connectivity index (χ3n) is 2.55. The minimum Gasteiger partial charge on any atom is -0.307 e. The van der Waals surface area contributed by atoms with Crippen molar-refractivity contribution in [3.63, 3.8) is 0 Å². The van der Waals surface area contributed by atoms with Crippen LogP contribution in [0.3, 0.4) is 0 Å². The Bertz CT molecular complexity index is 630. The number of hydrogen-bond donors (Lipinski definition) is 1. The van der Waals surface area contributed by atoms with Crippen molar-refractivity contribution >= 4 is 23.2 Å². The zero-order chi connectivity index (χ0) is 14.0. The van der Waals surface area contributed by atoms with Crippen LogP contribution in [0, 0.1) is 5.92 Å². The molecule has 19 heavy (non-hydrogen) atoms. The second-order valence-electron chi connectivity index (χ2n) is 4.84. The van der Waals surface area contributed by atoms with Gasteiger partial charge in [-0.3, -0.25) is 4.79 Å². The Morgan fingerprint density at radius 1 is 1.16 bits per heavy atom. The summed E-state index contributed by atoms with van der Waals surface area (Å²) < 4.78 is 0. The van der Waals surface area contributed by atoms with Gasteiger partial charge in [0.15, 0.2) is 0 Å². The third kappa shape index (κ3) is 3.82. The fourth-order valence-corrected chi connectivity index (χ4v) is 2.38. The number of H-pyrrole nitrogens is 1. The van der Waals surface area contributed by atoms with E-state index in [-0.39, 0.29) is 5.56 Å². The van der Waals surface area contributed by atoms with E-state index >= 15 is 0 Å². The number of halogens is 2. The van der Waals surface area contributed by atoms with Gasteiger partial charge in [0.1, 0.15) is 5.82 Å². The van der Waals surface area contributed by atoms with Gasteiger partial charge in [0.2, 0.25) is 0 Å². The number of aromatic amines is 1. The lowest BCUT2D eigenvalue weighted by Gasteiger charge is -2.07. The molecule has 0 radical (unpaired) electrons. The maximum atomic E-state index is 11.7. The van der Waals surface area contributed by atoms with Crippen molar-refractivity contribution in [1.82, 2.24) is 9.97 Å². The molecule has 0 unspecified atom stereocenters. The summed E-state index contributed by atoms with van der Waals surface area (Å²) >= 11 is 11.9. The highest BCUT2D eigenvalue weighted by molar-refractivity contribution is 6.35. The van der Waals surface area contributed by atoms with E-state index in [9.17, 15) is 4.79 Å². The Balaban J connectivity index is 2.49. The van der Waals surface area contributed by atoms with E-state index in [4.69, 9.17) is 23.2 Å². The molecule has 1 aromatic carbocycles. The summed E-state index contributed by atoms with van der Waals surface area (Å²) in [4.78, 5) is 18.8. The van der Waals surface area contributed by atoms with Crippen molar-refractivity contribution in [1.29, 1.82) is 0 Å². The molecule has 100 valence electrons. The first-order chi connectivity index (χ1) is 8.94. The van der Waals surface area contributed by atoms with Crippen LogP contribution in [0.5, 0.6) is 0 Å². The Kier molecular flexibility index (Phi) is 4.27. The standard InChI is InChI=1S/C14H14Cl2N2O/c1-8(2)3-12-7-13(19)18-14(17-12)9-4-10(15)6-11(16)5-9/h4-8H,3H2,1-2H3,(H,17,18,19).